The highest BCUT2D eigenvalue weighted by Crippen LogP contribution is 2.21. The van der Waals surface area contributed by atoms with Crippen molar-refractivity contribution in [2.75, 3.05) is 0 Å². The highest BCUT2D eigenvalue weighted by molar-refractivity contribution is 9.11. The molecule has 0 saturated heterocycles. The van der Waals surface area contributed by atoms with Crippen LogP contribution in [-0.4, -0.2) is 11.9 Å². The highest BCUT2D eigenvalue weighted by atomic mass is 79.9. The Labute approximate surface area is 111 Å². The first-order valence-corrected chi connectivity index (χ1v) is 6.26. The Hall–Kier alpha value is -0.860. The van der Waals surface area contributed by atoms with Gasteiger partial charge < -0.3 is 5.32 Å². The fourth-order valence-electron chi connectivity index (χ4n) is 1.16. The molecule has 0 aliphatic rings. The number of nitrogens with zero attached hydrogens (tertiary/aromatic N) is 1. The minimum atomic E-state index is -0.184. The van der Waals surface area contributed by atoms with Crippen LogP contribution < -0.4 is 5.32 Å². The monoisotopic (exact) mass is 344 g/mol. The van der Waals surface area contributed by atoms with Gasteiger partial charge in [-0.15, -0.1) is 0 Å². The lowest BCUT2D eigenvalue weighted by Crippen LogP contribution is -2.32. The number of carbonyl (C=O) groups is 1. The van der Waals surface area contributed by atoms with Gasteiger partial charge in [-0.3, -0.25) is 4.79 Å². The van der Waals surface area contributed by atoms with Crippen molar-refractivity contribution in [3.63, 3.8) is 0 Å². The van der Waals surface area contributed by atoms with Crippen molar-refractivity contribution >= 4 is 37.8 Å². The largest absolute Gasteiger partial charge is 0.349 e. The molecule has 0 bridgehead atoms. The van der Waals surface area contributed by atoms with E-state index >= 15 is 0 Å². The molecule has 1 unspecified atom stereocenters. The van der Waals surface area contributed by atoms with Gasteiger partial charge in [0.05, 0.1) is 18.1 Å². The van der Waals surface area contributed by atoms with Crippen LogP contribution in [0.25, 0.3) is 0 Å². The first-order valence-electron chi connectivity index (χ1n) is 4.67. The third kappa shape index (κ3) is 3.62. The summed E-state index contributed by atoms with van der Waals surface area (Å²) < 4.78 is 1.58. The number of nitrogens with one attached hydrogen (secondary N) is 1. The van der Waals surface area contributed by atoms with Crippen molar-refractivity contribution in [2.45, 2.75) is 19.4 Å². The molecule has 3 nitrogen and oxygen atoms in total. The van der Waals surface area contributed by atoms with Gasteiger partial charge in [0.15, 0.2) is 0 Å². The zero-order valence-corrected chi connectivity index (χ0v) is 11.8. The second-order valence-electron chi connectivity index (χ2n) is 3.36. The van der Waals surface area contributed by atoms with Gasteiger partial charge in [0, 0.05) is 15.0 Å². The predicted octanol–water partition coefficient (Wildman–Crippen LogP) is 3.24. The normalized spacial score (nSPS) is 11.6. The maximum atomic E-state index is 11.8. The molecule has 1 amide bonds. The molecular formula is C11H10Br2N2O. The molecule has 1 aromatic rings. The second-order valence-corrected chi connectivity index (χ2v) is 5.13. The number of benzene rings is 1. The van der Waals surface area contributed by atoms with E-state index in [1.807, 2.05) is 12.1 Å². The summed E-state index contributed by atoms with van der Waals surface area (Å²) in [7, 11) is 0. The lowest BCUT2D eigenvalue weighted by atomic mass is 10.2. The molecule has 0 fully saturated rings. The number of hydrogen-bond donors (Lipinski definition) is 1. The van der Waals surface area contributed by atoms with Gasteiger partial charge in [0.2, 0.25) is 0 Å². The lowest BCUT2D eigenvalue weighted by Gasteiger charge is -2.11. The molecule has 0 saturated carbocycles. The predicted molar refractivity (Wildman–Crippen MR) is 69.0 cm³/mol. The van der Waals surface area contributed by atoms with Crippen LogP contribution in [-0.2, 0) is 0 Å². The number of nitriles is 1. The van der Waals surface area contributed by atoms with E-state index in [4.69, 9.17) is 5.26 Å². The fourth-order valence-corrected chi connectivity index (χ4v) is 1.95. The van der Waals surface area contributed by atoms with Crippen LogP contribution in [0.15, 0.2) is 27.1 Å². The van der Waals surface area contributed by atoms with Gasteiger partial charge in [-0.25, -0.2) is 0 Å². The quantitative estimate of drug-likeness (QED) is 0.914. The van der Waals surface area contributed by atoms with Gasteiger partial charge in [-0.1, -0.05) is 15.9 Å². The van der Waals surface area contributed by atoms with Crippen LogP contribution >= 0.6 is 31.9 Å². The van der Waals surface area contributed by atoms with E-state index in [-0.39, 0.29) is 11.9 Å². The second kappa shape index (κ2) is 6.02. The van der Waals surface area contributed by atoms with Crippen molar-refractivity contribution < 1.29 is 4.79 Å². The van der Waals surface area contributed by atoms with E-state index in [2.05, 4.69) is 37.2 Å². The van der Waals surface area contributed by atoms with E-state index in [0.29, 0.717) is 12.0 Å². The van der Waals surface area contributed by atoms with Gasteiger partial charge in [-0.05, 0) is 41.1 Å². The Morgan fingerprint density at radius 1 is 1.56 bits per heavy atom. The van der Waals surface area contributed by atoms with Gasteiger partial charge >= 0.3 is 0 Å². The number of hydrogen-bond acceptors (Lipinski definition) is 2. The molecule has 1 rings (SSSR count). The molecule has 0 spiro atoms. The van der Waals surface area contributed by atoms with Gasteiger partial charge in [0.1, 0.15) is 0 Å². The zero-order valence-electron chi connectivity index (χ0n) is 8.63. The van der Waals surface area contributed by atoms with E-state index in [9.17, 15) is 4.79 Å². The van der Waals surface area contributed by atoms with Crippen molar-refractivity contribution in [3.8, 4) is 6.07 Å². The average Bonchev–Trinajstić information content (AvgIpc) is 2.21. The number of amides is 1. The van der Waals surface area contributed by atoms with E-state index in [1.165, 1.54) is 0 Å². The molecule has 5 heteroatoms. The van der Waals surface area contributed by atoms with E-state index in [1.54, 1.807) is 19.1 Å². The molecule has 0 aliphatic carbocycles. The number of rotatable bonds is 3. The maximum Gasteiger partial charge on any atom is 0.252 e. The third-order valence-corrected chi connectivity index (χ3v) is 3.13. The Morgan fingerprint density at radius 2 is 2.25 bits per heavy atom. The summed E-state index contributed by atoms with van der Waals surface area (Å²) in [5, 5.41) is 11.3. The van der Waals surface area contributed by atoms with Crippen molar-refractivity contribution in [1.29, 1.82) is 5.26 Å². The zero-order chi connectivity index (χ0) is 12.1. The molecule has 1 N–H and O–H groups in total. The van der Waals surface area contributed by atoms with Crippen LogP contribution in [0.4, 0.5) is 0 Å². The van der Waals surface area contributed by atoms with Crippen molar-refractivity contribution in [1.82, 2.24) is 5.32 Å². The fraction of sp³-hybridized carbons (Fsp3) is 0.273. The first kappa shape index (κ1) is 13.2. The highest BCUT2D eigenvalue weighted by Gasteiger charge is 2.12. The minimum absolute atomic E-state index is 0.150. The molecule has 0 aliphatic heterocycles. The summed E-state index contributed by atoms with van der Waals surface area (Å²) >= 11 is 6.62. The summed E-state index contributed by atoms with van der Waals surface area (Å²) in [6.07, 6.45) is 0.303. The molecular weight excluding hydrogens is 336 g/mol. The molecule has 16 heavy (non-hydrogen) atoms. The van der Waals surface area contributed by atoms with E-state index in [0.717, 1.165) is 8.95 Å². The van der Waals surface area contributed by atoms with Crippen molar-refractivity contribution in [3.05, 3.63) is 32.7 Å². The van der Waals surface area contributed by atoms with Crippen LogP contribution in [0, 0.1) is 11.3 Å². The standard InChI is InChI=1S/C11H10Br2N2O/c1-7(4-5-14)15-11(16)9-6-8(12)2-3-10(9)13/h2-3,6-7H,4H2,1H3,(H,15,16). The SMILES string of the molecule is CC(CC#N)NC(=O)c1cc(Br)ccc1Br. The van der Waals surface area contributed by atoms with Crippen LogP contribution in [0.2, 0.25) is 0 Å². The molecule has 1 aromatic carbocycles. The Kier molecular flexibility index (Phi) is 4.97. The lowest BCUT2D eigenvalue weighted by molar-refractivity contribution is 0.0940. The summed E-state index contributed by atoms with van der Waals surface area (Å²) in [6, 6.07) is 7.25. The average molecular weight is 346 g/mol. The van der Waals surface area contributed by atoms with Crippen molar-refractivity contribution in [2.24, 2.45) is 0 Å². The smallest absolute Gasteiger partial charge is 0.252 e. The third-order valence-electron chi connectivity index (χ3n) is 1.95. The molecule has 0 aromatic heterocycles. The Balaban J connectivity index is 2.81. The molecule has 0 heterocycles. The van der Waals surface area contributed by atoms with Crippen LogP contribution in [0.5, 0.6) is 0 Å². The van der Waals surface area contributed by atoms with Gasteiger partial charge in [0.25, 0.3) is 5.91 Å². The Morgan fingerprint density at radius 3 is 2.88 bits per heavy atom. The number of carbonyl (C=O) groups excluding carboxylic acids is 1. The first-order chi connectivity index (χ1) is 7.54. The van der Waals surface area contributed by atoms with Gasteiger partial charge in [-0.2, -0.15) is 5.26 Å². The summed E-state index contributed by atoms with van der Waals surface area (Å²) in [4.78, 5) is 11.8. The number of halogens is 2. The maximum absolute atomic E-state index is 11.8. The minimum Gasteiger partial charge on any atom is -0.349 e. The molecule has 0 radical (unpaired) electrons. The summed E-state index contributed by atoms with van der Waals surface area (Å²) in [6.45, 7) is 1.80. The molecule has 84 valence electrons. The molecule has 1 atom stereocenters. The summed E-state index contributed by atoms with van der Waals surface area (Å²) in [5.74, 6) is -0.184. The summed E-state index contributed by atoms with van der Waals surface area (Å²) in [5.41, 5.74) is 0.555. The Bertz CT molecular complexity index is 440. The van der Waals surface area contributed by atoms with E-state index < -0.39 is 0 Å². The topological polar surface area (TPSA) is 52.9 Å². The van der Waals surface area contributed by atoms with Crippen LogP contribution in [0.3, 0.4) is 0 Å². The van der Waals surface area contributed by atoms with Crippen LogP contribution in [0.1, 0.15) is 23.7 Å².